The largest absolute Gasteiger partial charge is 0.378 e. The summed E-state index contributed by atoms with van der Waals surface area (Å²) in [7, 11) is 1.86. The van der Waals surface area contributed by atoms with E-state index in [2.05, 4.69) is 26.3 Å². The Kier molecular flexibility index (Phi) is 3.47. The zero-order chi connectivity index (χ0) is 12.4. The molecule has 0 spiro atoms. The van der Waals surface area contributed by atoms with E-state index < -0.39 is 0 Å². The molecule has 17 heavy (non-hydrogen) atoms. The van der Waals surface area contributed by atoms with Gasteiger partial charge in [0.1, 0.15) is 5.82 Å². The van der Waals surface area contributed by atoms with Crippen molar-refractivity contribution in [3.05, 3.63) is 45.9 Å². The third kappa shape index (κ3) is 2.85. The van der Waals surface area contributed by atoms with Crippen molar-refractivity contribution in [3.8, 4) is 0 Å². The Bertz CT molecular complexity index is 537. The van der Waals surface area contributed by atoms with E-state index >= 15 is 0 Å². The number of halogens is 2. The summed E-state index contributed by atoms with van der Waals surface area (Å²) in [6.07, 6.45) is 1.88. The van der Waals surface area contributed by atoms with Gasteiger partial charge in [-0.2, -0.15) is 5.10 Å². The first-order chi connectivity index (χ1) is 8.06. The summed E-state index contributed by atoms with van der Waals surface area (Å²) in [5.41, 5.74) is 2.47. The molecule has 0 bridgehead atoms. The Labute approximate surface area is 108 Å². The number of aryl methyl sites for hydroxylation is 2. The number of rotatable bonds is 3. The maximum absolute atomic E-state index is 13.6. The van der Waals surface area contributed by atoms with Gasteiger partial charge in [0.05, 0.1) is 11.4 Å². The minimum Gasteiger partial charge on any atom is -0.378 e. The van der Waals surface area contributed by atoms with Crippen molar-refractivity contribution >= 4 is 21.6 Å². The van der Waals surface area contributed by atoms with E-state index in [1.807, 2.05) is 26.2 Å². The van der Waals surface area contributed by atoms with Crippen molar-refractivity contribution in [3.63, 3.8) is 0 Å². The molecule has 0 amide bonds. The van der Waals surface area contributed by atoms with Crippen LogP contribution in [-0.4, -0.2) is 9.78 Å². The quantitative estimate of drug-likeness (QED) is 0.942. The van der Waals surface area contributed by atoms with Crippen molar-refractivity contribution < 1.29 is 4.39 Å². The minimum atomic E-state index is -0.214. The van der Waals surface area contributed by atoms with Gasteiger partial charge in [0.15, 0.2) is 0 Å². The maximum atomic E-state index is 13.6. The van der Waals surface area contributed by atoms with Gasteiger partial charge >= 0.3 is 0 Å². The predicted octanol–water partition coefficient (Wildman–Crippen LogP) is 3.24. The van der Waals surface area contributed by atoms with E-state index in [0.29, 0.717) is 12.1 Å². The molecule has 0 radical (unpaired) electrons. The normalized spacial score (nSPS) is 10.6. The third-order valence-electron chi connectivity index (χ3n) is 2.50. The lowest BCUT2D eigenvalue weighted by Crippen LogP contribution is -2.02. The van der Waals surface area contributed by atoms with Gasteiger partial charge in [-0.05, 0) is 19.1 Å². The van der Waals surface area contributed by atoms with Crippen LogP contribution in [0.15, 0.2) is 28.9 Å². The molecule has 3 nitrogen and oxygen atoms in total. The molecule has 0 fully saturated rings. The van der Waals surface area contributed by atoms with E-state index in [1.165, 1.54) is 6.07 Å². The van der Waals surface area contributed by atoms with Gasteiger partial charge in [0, 0.05) is 29.8 Å². The Morgan fingerprint density at radius 3 is 2.82 bits per heavy atom. The summed E-state index contributed by atoms with van der Waals surface area (Å²) in [6.45, 7) is 2.37. The van der Waals surface area contributed by atoms with Crippen LogP contribution in [-0.2, 0) is 13.6 Å². The lowest BCUT2D eigenvalue weighted by Gasteiger charge is -2.06. The number of anilines is 1. The monoisotopic (exact) mass is 297 g/mol. The van der Waals surface area contributed by atoms with Gasteiger partial charge in [-0.1, -0.05) is 22.0 Å². The molecule has 0 atom stereocenters. The fraction of sp³-hybridized carbons (Fsp3) is 0.250. The average molecular weight is 298 g/mol. The smallest absolute Gasteiger partial charge is 0.129 e. The van der Waals surface area contributed by atoms with Crippen LogP contribution in [0.25, 0.3) is 0 Å². The van der Waals surface area contributed by atoms with Gasteiger partial charge in [-0.3, -0.25) is 4.68 Å². The van der Waals surface area contributed by atoms with Crippen LogP contribution in [0.3, 0.4) is 0 Å². The fourth-order valence-electron chi connectivity index (χ4n) is 1.63. The summed E-state index contributed by atoms with van der Waals surface area (Å²) in [4.78, 5) is 0. The van der Waals surface area contributed by atoms with Crippen LogP contribution in [0.5, 0.6) is 0 Å². The first kappa shape index (κ1) is 12.1. The van der Waals surface area contributed by atoms with Crippen molar-refractivity contribution in [2.45, 2.75) is 13.5 Å². The molecule has 0 aliphatic heterocycles. The Morgan fingerprint density at radius 2 is 2.24 bits per heavy atom. The second-order valence-corrected chi connectivity index (χ2v) is 4.81. The van der Waals surface area contributed by atoms with Gasteiger partial charge < -0.3 is 5.32 Å². The molecule has 1 aromatic carbocycles. The lowest BCUT2D eigenvalue weighted by atomic mass is 10.2. The average Bonchev–Trinajstić information content (AvgIpc) is 2.56. The second-order valence-electron chi connectivity index (χ2n) is 3.89. The molecule has 5 heteroatoms. The summed E-state index contributed by atoms with van der Waals surface area (Å²) < 4.78 is 16.0. The van der Waals surface area contributed by atoms with Crippen molar-refractivity contribution in [1.29, 1.82) is 0 Å². The summed E-state index contributed by atoms with van der Waals surface area (Å²) >= 11 is 3.23. The summed E-state index contributed by atoms with van der Waals surface area (Å²) in [6, 6.07) is 5.06. The molecule has 1 aromatic heterocycles. The van der Waals surface area contributed by atoms with Crippen LogP contribution >= 0.6 is 15.9 Å². The van der Waals surface area contributed by atoms with E-state index in [9.17, 15) is 4.39 Å². The summed E-state index contributed by atoms with van der Waals surface area (Å²) in [5.74, 6) is -0.214. The third-order valence-corrected chi connectivity index (χ3v) is 2.99. The van der Waals surface area contributed by atoms with Gasteiger partial charge in [-0.25, -0.2) is 4.39 Å². The van der Waals surface area contributed by atoms with Crippen molar-refractivity contribution in [1.82, 2.24) is 9.78 Å². The topological polar surface area (TPSA) is 29.9 Å². The Morgan fingerprint density at radius 1 is 1.47 bits per heavy atom. The van der Waals surface area contributed by atoms with Crippen molar-refractivity contribution in [2.24, 2.45) is 7.05 Å². The molecular weight excluding hydrogens is 285 g/mol. The van der Waals surface area contributed by atoms with Crippen LogP contribution < -0.4 is 5.32 Å². The number of aromatic nitrogens is 2. The van der Waals surface area contributed by atoms with Crippen LogP contribution in [0.2, 0.25) is 0 Å². The highest BCUT2D eigenvalue weighted by Crippen LogP contribution is 2.18. The van der Waals surface area contributed by atoms with Gasteiger partial charge in [0.25, 0.3) is 0 Å². The van der Waals surface area contributed by atoms with E-state index in [4.69, 9.17) is 0 Å². The van der Waals surface area contributed by atoms with Crippen molar-refractivity contribution in [2.75, 3.05) is 5.32 Å². The first-order valence-electron chi connectivity index (χ1n) is 5.24. The van der Waals surface area contributed by atoms with Crippen LogP contribution in [0.1, 0.15) is 11.3 Å². The number of hydrogen-bond donors (Lipinski definition) is 1. The van der Waals surface area contributed by atoms with Crippen LogP contribution in [0, 0.1) is 12.7 Å². The molecule has 0 saturated carbocycles. The SMILES string of the molecule is Cc1nn(C)cc1NCc1ccc(Br)cc1F. The standard InChI is InChI=1S/C12H13BrFN3/c1-8-12(7-17(2)16-8)15-6-9-3-4-10(13)5-11(9)14/h3-5,7,15H,6H2,1-2H3. The molecule has 2 rings (SSSR count). The molecule has 0 saturated heterocycles. The minimum absolute atomic E-state index is 0.214. The molecule has 0 unspecified atom stereocenters. The molecule has 2 aromatic rings. The van der Waals surface area contributed by atoms with E-state index in [-0.39, 0.29) is 5.82 Å². The highest BCUT2D eigenvalue weighted by Gasteiger charge is 2.05. The number of nitrogens with zero attached hydrogens (tertiary/aromatic N) is 2. The van der Waals surface area contributed by atoms with E-state index in [0.717, 1.165) is 15.9 Å². The number of benzene rings is 1. The zero-order valence-electron chi connectivity index (χ0n) is 9.67. The predicted molar refractivity (Wildman–Crippen MR) is 69.4 cm³/mol. The molecular formula is C12H13BrFN3. The molecule has 0 aliphatic rings. The Hall–Kier alpha value is -1.36. The van der Waals surface area contributed by atoms with Crippen LogP contribution in [0.4, 0.5) is 10.1 Å². The number of nitrogens with one attached hydrogen (secondary N) is 1. The lowest BCUT2D eigenvalue weighted by molar-refractivity contribution is 0.612. The highest BCUT2D eigenvalue weighted by atomic mass is 79.9. The fourth-order valence-corrected chi connectivity index (χ4v) is 1.96. The van der Waals surface area contributed by atoms with Gasteiger partial charge in [0.2, 0.25) is 0 Å². The molecule has 1 heterocycles. The molecule has 90 valence electrons. The Balaban J connectivity index is 2.10. The van der Waals surface area contributed by atoms with E-state index in [1.54, 1.807) is 10.7 Å². The highest BCUT2D eigenvalue weighted by molar-refractivity contribution is 9.10. The molecule has 0 aliphatic carbocycles. The summed E-state index contributed by atoms with van der Waals surface area (Å²) in [5, 5.41) is 7.38. The number of hydrogen-bond acceptors (Lipinski definition) is 2. The van der Waals surface area contributed by atoms with Gasteiger partial charge in [-0.15, -0.1) is 0 Å². The second kappa shape index (κ2) is 4.87. The first-order valence-corrected chi connectivity index (χ1v) is 6.03. The maximum Gasteiger partial charge on any atom is 0.129 e. The zero-order valence-corrected chi connectivity index (χ0v) is 11.3. The molecule has 1 N–H and O–H groups in total.